The van der Waals surface area contributed by atoms with E-state index in [4.69, 9.17) is 5.11 Å². The van der Waals surface area contributed by atoms with Crippen molar-refractivity contribution in [3.05, 3.63) is 12.2 Å². The highest BCUT2D eigenvalue weighted by Crippen LogP contribution is 2.44. The Balaban J connectivity index is 1.57. The molecule has 96 valence electrons. The zero-order chi connectivity index (χ0) is 11.7. The van der Waals surface area contributed by atoms with Crippen LogP contribution in [0.25, 0.3) is 0 Å². The predicted molar refractivity (Wildman–Crippen MR) is 69.8 cm³/mol. The highest BCUT2D eigenvalue weighted by atomic mass is 16.3. The van der Waals surface area contributed by atoms with Gasteiger partial charge in [0.15, 0.2) is 0 Å². The van der Waals surface area contributed by atoms with E-state index in [0.717, 1.165) is 24.2 Å². The lowest BCUT2D eigenvalue weighted by Gasteiger charge is -2.38. The Kier molecular flexibility index (Phi) is 3.53. The van der Waals surface area contributed by atoms with Gasteiger partial charge in [0.2, 0.25) is 0 Å². The van der Waals surface area contributed by atoms with Gasteiger partial charge in [-0.05, 0) is 56.4 Å². The minimum Gasteiger partial charge on any atom is -0.396 e. The molecule has 1 heterocycles. The van der Waals surface area contributed by atoms with Gasteiger partial charge in [0.25, 0.3) is 0 Å². The van der Waals surface area contributed by atoms with E-state index in [1.165, 1.54) is 45.2 Å². The molecule has 2 bridgehead atoms. The van der Waals surface area contributed by atoms with E-state index in [0.29, 0.717) is 12.6 Å². The Morgan fingerprint density at radius 2 is 2.12 bits per heavy atom. The summed E-state index contributed by atoms with van der Waals surface area (Å²) in [6, 6.07) is 0.664. The monoisotopic (exact) mass is 235 g/mol. The first-order valence-corrected chi connectivity index (χ1v) is 7.40. The predicted octanol–water partition coefficient (Wildman–Crippen LogP) is 2.44. The molecule has 0 amide bonds. The minimum absolute atomic E-state index is 0.359. The van der Waals surface area contributed by atoms with Gasteiger partial charge in [0, 0.05) is 19.2 Å². The van der Waals surface area contributed by atoms with Crippen LogP contribution in [0.5, 0.6) is 0 Å². The Hall–Kier alpha value is -0.340. The highest BCUT2D eigenvalue weighted by molar-refractivity contribution is 5.10. The molecule has 0 aromatic rings. The first kappa shape index (κ1) is 11.7. The van der Waals surface area contributed by atoms with Crippen LogP contribution in [0.4, 0.5) is 0 Å². The molecule has 1 saturated carbocycles. The summed E-state index contributed by atoms with van der Waals surface area (Å²) in [5, 5.41) is 9.16. The third kappa shape index (κ3) is 2.43. The van der Waals surface area contributed by atoms with Gasteiger partial charge in [-0.15, -0.1) is 0 Å². The average Bonchev–Trinajstić information content (AvgIpc) is 2.94. The van der Waals surface area contributed by atoms with Crippen LogP contribution in [-0.4, -0.2) is 35.7 Å². The van der Waals surface area contributed by atoms with Crippen LogP contribution in [0.2, 0.25) is 0 Å². The zero-order valence-corrected chi connectivity index (χ0v) is 10.7. The molecule has 0 radical (unpaired) electrons. The Labute approximate surface area is 105 Å². The topological polar surface area (TPSA) is 23.5 Å². The maximum Gasteiger partial charge on any atom is 0.0445 e. The standard InChI is InChI=1S/C15H25NO/c17-8-6-15-3-1-2-7-16(15)11-14-10-12-4-5-13(14)9-12/h4-5,12-15,17H,1-3,6-11H2. The fourth-order valence-electron chi connectivity index (χ4n) is 4.18. The minimum atomic E-state index is 0.359. The van der Waals surface area contributed by atoms with E-state index in [-0.39, 0.29) is 0 Å². The second-order valence-electron chi connectivity index (χ2n) is 6.20. The number of fused-ring (bicyclic) bond motifs is 2. The summed E-state index contributed by atoms with van der Waals surface area (Å²) in [5.74, 6) is 2.67. The lowest BCUT2D eigenvalue weighted by atomic mass is 9.90. The molecular formula is C15H25NO. The van der Waals surface area contributed by atoms with Crippen molar-refractivity contribution >= 4 is 0 Å². The van der Waals surface area contributed by atoms with Gasteiger partial charge < -0.3 is 10.0 Å². The fraction of sp³-hybridized carbons (Fsp3) is 0.867. The van der Waals surface area contributed by atoms with E-state index in [9.17, 15) is 0 Å². The van der Waals surface area contributed by atoms with Crippen LogP contribution in [0.15, 0.2) is 12.2 Å². The van der Waals surface area contributed by atoms with Crippen LogP contribution < -0.4 is 0 Å². The number of nitrogens with zero attached hydrogens (tertiary/aromatic N) is 1. The smallest absolute Gasteiger partial charge is 0.0445 e. The quantitative estimate of drug-likeness (QED) is 0.757. The number of aliphatic hydroxyl groups is 1. The Morgan fingerprint density at radius 1 is 1.18 bits per heavy atom. The number of hydrogen-bond acceptors (Lipinski definition) is 2. The van der Waals surface area contributed by atoms with E-state index >= 15 is 0 Å². The summed E-state index contributed by atoms with van der Waals surface area (Å²) in [6.45, 7) is 2.91. The van der Waals surface area contributed by atoms with Crippen molar-refractivity contribution in [3.63, 3.8) is 0 Å². The number of hydrogen-bond donors (Lipinski definition) is 1. The summed E-state index contributed by atoms with van der Waals surface area (Å²) in [5.41, 5.74) is 0. The molecule has 2 aliphatic carbocycles. The van der Waals surface area contributed by atoms with Gasteiger partial charge in [-0.3, -0.25) is 0 Å². The molecule has 1 N–H and O–H groups in total. The molecule has 4 unspecified atom stereocenters. The van der Waals surface area contributed by atoms with E-state index in [1.807, 2.05) is 0 Å². The second kappa shape index (κ2) is 5.11. The normalized spacial score (nSPS) is 41.2. The molecule has 2 fully saturated rings. The lowest BCUT2D eigenvalue weighted by Crippen LogP contribution is -2.43. The van der Waals surface area contributed by atoms with Crippen molar-refractivity contribution in [1.82, 2.24) is 4.90 Å². The van der Waals surface area contributed by atoms with Crippen LogP contribution in [0, 0.1) is 17.8 Å². The summed E-state index contributed by atoms with van der Waals surface area (Å²) < 4.78 is 0. The largest absolute Gasteiger partial charge is 0.396 e. The molecule has 4 atom stereocenters. The van der Waals surface area contributed by atoms with Crippen molar-refractivity contribution in [3.8, 4) is 0 Å². The summed E-state index contributed by atoms with van der Waals surface area (Å²) in [7, 11) is 0. The van der Waals surface area contributed by atoms with Crippen molar-refractivity contribution in [1.29, 1.82) is 0 Å². The first-order valence-electron chi connectivity index (χ1n) is 7.40. The molecule has 1 aliphatic heterocycles. The third-order valence-corrected chi connectivity index (χ3v) is 5.10. The molecule has 2 nitrogen and oxygen atoms in total. The van der Waals surface area contributed by atoms with Crippen molar-refractivity contribution < 1.29 is 5.11 Å². The highest BCUT2D eigenvalue weighted by Gasteiger charge is 2.37. The van der Waals surface area contributed by atoms with Crippen molar-refractivity contribution in [2.45, 2.75) is 44.6 Å². The molecule has 17 heavy (non-hydrogen) atoms. The molecule has 0 aromatic heterocycles. The molecule has 3 aliphatic rings. The summed E-state index contributed by atoms with van der Waals surface area (Å²) in [6.07, 6.45) is 12.7. The third-order valence-electron chi connectivity index (χ3n) is 5.10. The Morgan fingerprint density at radius 3 is 2.82 bits per heavy atom. The maximum absolute atomic E-state index is 9.16. The van der Waals surface area contributed by atoms with Gasteiger partial charge >= 0.3 is 0 Å². The fourth-order valence-corrected chi connectivity index (χ4v) is 4.18. The number of aliphatic hydroxyl groups excluding tert-OH is 1. The number of allylic oxidation sites excluding steroid dienone is 2. The van der Waals surface area contributed by atoms with Gasteiger partial charge in [0.05, 0.1) is 0 Å². The molecule has 0 aromatic carbocycles. The van der Waals surface area contributed by atoms with Crippen molar-refractivity contribution in [2.24, 2.45) is 17.8 Å². The molecule has 3 rings (SSSR count). The summed E-state index contributed by atoms with van der Waals surface area (Å²) >= 11 is 0. The van der Waals surface area contributed by atoms with Gasteiger partial charge in [-0.2, -0.15) is 0 Å². The number of piperidine rings is 1. The van der Waals surface area contributed by atoms with Gasteiger partial charge in [-0.25, -0.2) is 0 Å². The van der Waals surface area contributed by atoms with Crippen LogP contribution in [0.1, 0.15) is 38.5 Å². The van der Waals surface area contributed by atoms with Gasteiger partial charge in [-0.1, -0.05) is 18.6 Å². The number of rotatable bonds is 4. The van der Waals surface area contributed by atoms with Gasteiger partial charge in [0.1, 0.15) is 0 Å². The summed E-state index contributed by atoms with van der Waals surface area (Å²) in [4.78, 5) is 2.68. The van der Waals surface area contributed by atoms with Crippen LogP contribution >= 0.6 is 0 Å². The molecular weight excluding hydrogens is 210 g/mol. The van der Waals surface area contributed by atoms with Crippen LogP contribution in [0.3, 0.4) is 0 Å². The lowest BCUT2D eigenvalue weighted by molar-refractivity contribution is 0.0963. The molecule has 1 saturated heterocycles. The zero-order valence-electron chi connectivity index (χ0n) is 10.7. The van der Waals surface area contributed by atoms with E-state index in [1.54, 1.807) is 0 Å². The van der Waals surface area contributed by atoms with Crippen molar-refractivity contribution in [2.75, 3.05) is 19.7 Å². The van der Waals surface area contributed by atoms with E-state index < -0.39 is 0 Å². The maximum atomic E-state index is 9.16. The Bertz CT molecular complexity index is 287. The second-order valence-corrected chi connectivity index (χ2v) is 6.20. The number of likely N-dealkylation sites (tertiary alicyclic amines) is 1. The average molecular weight is 235 g/mol. The van der Waals surface area contributed by atoms with E-state index in [2.05, 4.69) is 17.1 Å². The molecule has 2 heteroatoms. The van der Waals surface area contributed by atoms with Crippen LogP contribution in [-0.2, 0) is 0 Å². The molecule has 0 spiro atoms. The SMILES string of the molecule is OCCC1CCCCN1CC1CC2C=CC1C2. The first-order chi connectivity index (χ1) is 8.36.